The fourth-order valence-electron chi connectivity index (χ4n) is 2.35. The van der Waals surface area contributed by atoms with Gasteiger partial charge in [0, 0.05) is 11.1 Å². The smallest absolute Gasteiger partial charge is 0.250 e. The molecule has 23 heavy (non-hydrogen) atoms. The Labute approximate surface area is 143 Å². The van der Waals surface area contributed by atoms with Gasteiger partial charge in [-0.05, 0) is 48.7 Å². The Hall–Kier alpha value is -2.17. The van der Waals surface area contributed by atoms with Gasteiger partial charge in [0.05, 0.1) is 10.2 Å². The van der Waals surface area contributed by atoms with Crippen molar-refractivity contribution in [3.63, 3.8) is 0 Å². The van der Waals surface area contributed by atoms with Crippen LogP contribution in [0.2, 0.25) is 5.02 Å². The zero-order valence-corrected chi connectivity index (χ0v) is 14.3. The number of anilines is 1. The van der Waals surface area contributed by atoms with E-state index in [0.29, 0.717) is 10.2 Å². The Kier molecular flexibility index (Phi) is 4.46. The van der Waals surface area contributed by atoms with Crippen molar-refractivity contribution < 1.29 is 4.79 Å². The van der Waals surface area contributed by atoms with E-state index < -0.39 is 0 Å². The molecule has 3 aromatic rings. The molecule has 0 radical (unpaired) electrons. The van der Waals surface area contributed by atoms with E-state index in [2.05, 4.69) is 29.4 Å². The van der Waals surface area contributed by atoms with Gasteiger partial charge in [0.2, 0.25) is 5.91 Å². The van der Waals surface area contributed by atoms with E-state index in [4.69, 9.17) is 11.6 Å². The van der Waals surface area contributed by atoms with E-state index in [1.807, 2.05) is 25.1 Å². The van der Waals surface area contributed by atoms with Crippen LogP contribution in [0.25, 0.3) is 16.3 Å². The second-order valence-corrected chi connectivity index (χ2v) is 6.73. The summed E-state index contributed by atoms with van der Waals surface area (Å²) < 4.78 is 1.08. The lowest BCUT2D eigenvalue weighted by molar-refractivity contribution is -0.111. The molecular weight excluding hydrogens is 328 g/mol. The molecule has 1 N–H and O–H groups in total. The van der Waals surface area contributed by atoms with Crippen molar-refractivity contribution in [1.82, 2.24) is 4.98 Å². The van der Waals surface area contributed by atoms with E-state index in [1.165, 1.54) is 23.0 Å². The van der Waals surface area contributed by atoms with E-state index in [1.54, 1.807) is 12.1 Å². The fourth-order valence-corrected chi connectivity index (χ4v) is 3.59. The topological polar surface area (TPSA) is 42.0 Å². The number of aromatic nitrogens is 1. The van der Waals surface area contributed by atoms with Gasteiger partial charge in [-0.25, -0.2) is 4.98 Å². The predicted octanol–water partition coefficient (Wildman–Crippen LogP) is 5.22. The molecule has 0 saturated heterocycles. The number of nitrogens with one attached hydrogen (secondary N) is 1. The van der Waals surface area contributed by atoms with Crippen LogP contribution in [0.3, 0.4) is 0 Å². The molecule has 0 saturated carbocycles. The summed E-state index contributed by atoms with van der Waals surface area (Å²) in [6, 6.07) is 11.5. The maximum Gasteiger partial charge on any atom is 0.250 e. The molecule has 0 bridgehead atoms. The summed E-state index contributed by atoms with van der Waals surface area (Å²) in [6.07, 6.45) is 3.16. The zero-order valence-electron chi connectivity index (χ0n) is 12.8. The third-order valence-corrected chi connectivity index (χ3v) is 4.64. The van der Waals surface area contributed by atoms with Gasteiger partial charge in [-0.15, -0.1) is 0 Å². The fraction of sp³-hybridized carbons (Fsp3) is 0.111. The molecule has 0 aliphatic rings. The number of carbonyl (C=O) groups excluding carboxylic acids is 1. The van der Waals surface area contributed by atoms with Gasteiger partial charge in [-0.2, -0.15) is 0 Å². The number of hydrogen-bond donors (Lipinski definition) is 1. The highest BCUT2D eigenvalue weighted by molar-refractivity contribution is 7.22. The van der Waals surface area contributed by atoms with Gasteiger partial charge in [0.1, 0.15) is 0 Å². The minimum atomic E-state index is -0.224. The number of fused-ring (bicyclic) bond motifs is 1. The van der Waals surface area contributed by atoms with Crippen molar-refractivity contribution in [1.29, 1.82) is 0 Å². The van der Waals surface area contributed by atoms with Crippen LogP contribution in [-0.2, 0) is 4.79 Å². The standard InChI is InChI=1S/C18H15ClN2OS/c1-11-9-12(2)17-15(10-11)23-18(21-17)20-16(22)8-7-13-5-3-4-6-14(13)19/h3-10H,1-2H3,(H,20,21,22)/b8-7+. The van der Waals surface area contributed by atoms with Crippen LogP contribution in [0.1, 0.15) is 16.7 Å². The molecule has 0 fully saturated rings. The minimum absolute atomic E-state index is 0.224. The molecule has 0 unspecified atom stereocenters. The Morgan fingerprint density at radius 2 is 2.04 bits per heavy atom. The number of benzene rings is 2. The first-order chi connectivity index (χ1) is 11.0. The molecule has 0 aliphatic heterocycles. The van der Waals surface area contributed by atoms with Crippen molar-refractivity contribution in [2.45, 2.75) is 13.8 Å². The van der Waals surface area contributed by atoms with Crippen molar-refractivity contribution in [2.24, 2.45) is 0 Å². The largest absolute Gasteiger partial charge is 0.298 e. The third kappa shape index (κ3) is 3.60. The molecule has 1 amide bonds. The van der Waals surface area contributed by atoms with Gasteiger partial charge in [0.15, 0.2) is 5.13 Å². The summed E-state index contributed by atoms with van der Waals surface area (Å²) in [4.78, 5) is 16.5. The Balaban J connectivity index is 1.78. The highest BCUT2D eigenvalue weighted by Gasteiger charge is 2.08. The number of aryl methyl sites for hydroxylation is 2. The number of thiazole rings is 1. The quantitative estimate of drug-likeness (QED) is 0.663. The third-order valence-electron chi connectivity index (χ3n) is 3.38. The number of hydrogen-bond acceptors (Lipinski definition) is 3. The Bertz CT molecular complexity index is 915. The highest BCUT2D eigenvalue weighted by Crippen LogP contribution is 2.29. The van der Waals surface area contributed by atoms with Gasteiger partial charge >= 0.3 is 0 Å². The van der Waals surface area contributed by atoms with Crippen LogP contribution < -0.4 is 5.32 Å². The van der Waals surface area contributed by atoms with E-state index in [0.717, 1.165) is 21.3 Å². The van der Waals surface area contributed by atoms with Crippen LogP contribution in [0.15, 0.2) is 42.5 Å². The SMILES string of the molecule is Cc1cc(C)c2nc(NC(=O)/C=C/c3ccccc3Cl)sc2c1. The van der Waals surface area contributed by atoms with E-state index in [-0.39, 0.29) is 5.91 Å². The van der Waals surface area contributed by atoms with Crippen LogP contribution in [-0.4, -0.2) is 10.9 Å². The molecule has 2 aromatic carbocycles. The number of rotatable bonds is 3. The second kappa shape index (κ2) is 6.52. The first-order valence-corrected chi connectivity index (χ1v) is 8.34. The molecule has 0 spiro atoms. The monoisotopic (exact) mass is 342 g/mol. The molecule has 5 heteroatoms. The number of halogens is 1. The van der Waals surface area contributed by atoms with Crippen molar-refractivity contribution in [2.75, 3.05) is 5.32 Å². The minimum Gasteiger partial charge on any atom is -0.298 e. The van der Waals surface area contributed by atoms with Crippen molar-refractivity contribution in [3.8, 4) is 0 Å². The first kappa shape index (κ1) is 15.7. The normalized spacial score (nSPS) is 11.3. The van der Waals surface area contributed by atoms with E-state index >= 15 is 0 Å². The maximum atomic E-state index is 12.1. The van der Waals surface area contributed by atoms with Gasteiger partial charge in [-0.1, -0.05) is 47.2 Å². The summed E-state index contributed by atoms with van der Waals surface area (Å²) in [5, 5.41) is 4.02. The summed E-state index contributed by atoms with van der Waals surface area (Å²) in [7, 11) is 0. The molecule has 1 heterocycles. The molecular formula is C18H15ClN2OS. The van der Waals surface area contributed by atoms with Gasteiger partial charge in [0.25, 0.3) is 0 Å². The maximum absolute atomic E-state index is 12.1. The average molecular weight is 343 g/mol. The van der Waals surface area contributed by atoms with Gasteiger partial charge in [-0.3, -0.25) is 10.1 Å². The Morgan fingerprint density at radius 1 is 1.26 bits per heavy atom. The molecule has 3 rings (SSSR count). The number of carbonyl (C=O) groups is 1. The van der Waals surface area contributed by atoms with E-state index in [9.17, 15) is 4.79 Å². The number of amides is 1. The summed E-state index contributed by atoms with van der Waals surface area (Å²) in [5.41, 5.74) is 4.05. The lowest BCUT2D eigenvalue weighted by Gasteiger charge is -1.97. The molecule has 1 aromatic heterocycles. The van der Waals surface area contributed by atoms with Crippen LogP contribution in [0.4, 0.5) is 5.13 Å². The van der Waals surface area contributed by atoms with Crippen molar-refractivity contribution >= 4 is 50.3 Å². The van der Waals surface area contributed by atoms with Crippen molar-refractivity contribution in [3.05, 3.63) is 64.2 Å². The molecule has 0 atom stereocenters. The predicted molar refractivity (Wildman–Crippen MR) is 98.2 cm³/mol. The first-order valence-electron chi connectivity index (χ1n) is 7.14. The Morgan fingerprint density at radius 3 is 2.83 bits per heavy atom. The molecule has 3 nitrogen and oxygen atoms in total. The lowest BCUT2D eigenvalue weighted by Crippen LogP contribution is -2.07. The summed E-state index contributed by atoms with van der Waals surface area (Å²) >= 11 is 7.54. The second-order valence-electron chi connectivity index (χ2n) is 5.29. The molecule has 0 aliphatic carbocycles. The number of nitrogens with zero attached hydrogens (tertiary/aromatic N) is 1. The molecule has 116 valence electrons. The van der Waals surface area contributed by atoms with Crippen LogP contribution in [0, 0.1) is 13.8 Å². The zero-order chi connectivity index (χ0) is 16.4. The van der Waals surface area contributed by atoms with Gasteiger partial charge < -0.3 is 0 Å². The summed E-state index contributed by atoms with van der Waals surface area (Å²) in [5.74, 6) is -0.224. The van der Waals surface area contributed by atoms with Crippen LogP contribution >= 0.6 is 22.9 Å². The summed E-state index contributed by atoms with van der Waals surface area (Å²) in [6.45, 7) is 4.08. The lowest BCUT2D eigenvalue weighted by atomic mass is 10.1. The van der Waals surface area contributed by atoms with Crippen LogP contribution in [0.5, 0.6) is 0 Å². The average Bonchev–Trinajstić information content (AvgIpc) is 2.89. The highest BCUT2D eigenvalue weighted by atomic mass is 35.5.